The lowest BCUT2D eigenvalue weighted by molar-refractivity contribution is 0.206. The summed E-state index contributed by atoms with van der Waals surface area (Å²) in [5, 5.41) is 3.11. The highest BCUT2D eigenvalue weighted by Crippen LogP contribution is 2.21. The van der Waals surface area contributed by atoms with Gasteiger partial charge >= 0.3 is 0 Å². The molecule has 0 atom stereocenters. The highest BCUT2D eigenvalue weighted by molar-refractivity contribution is 5.84. The molecule has 2 heterocycles. The molecular formula is C11H18N6O. The maximum Gasteiger partial charge on any atom is 0.226 e. The van der Waals surface area contributed by atoms with Crippen LogP contribution in [-0.2, 0) is 4.74 Å². The van der Waals surface area contributed by atoms with Gasteiger partial charge in [0.15, 0.2) is 11.5 Å². The first kappa shape index (κ1) is 12.6. The SMILES string of the molecule is CCNc1nc(N(C)CCOC)c2[nH]cnc2n1. The Morgan fingerprint density at radius 3 is 3.00 bits per heavy atom. The van der Waals surface area contributed by atoms with E-state index in [1.807, 2.05) is 18.9 Å². The van der Waals surface area contributed by atoms with Crippen LogP contribution in [0.5, 0.6) is 0 Å². The molecule has 0 radical (unpaired) electrons. The zero-order valence-electron chi connectivity index (χ0n) is 10.9. The molecule has 0 spiro atoms. The van der Waals surface area contributed by atoms with Gasteiger partial charge in [-0.25, -0.2) is 4.98 Å². The number of anilines is 2. The topological polar surface area (TPSA) is 79.0 Å². The van der Waals surface area contributed by atoms with Crippen molar-refractivity contribution in [1.82, 2.24) is 19.9 Å². The van der Waals surface area contributed by atoms with E-state index in [4.69, 9.17) is 4.74 Å². The maximum absolute atomic E-state index is 5.08. The number of aromatic nitrogens is 4. The van der Waals surface area contributed by atoms with Gasteiger partial charge in [-0.05, 0) is 6.92 Å². The Hall–Kier alpha value is -1.89. The van der Waals surface area contributed by atoms with Gasteiger partial charge in [0.25, 0.3) is 0 Å². The Bertz CT molecular complexity index is 511. The molecule has 0 amide bonds. The van der Waals surface area contributed by atoms with E-state index in [1.165, 1.54) is 0 Å². The smallest absolute Gasteiger partial charge is 0.226 e. The summed E-state index contributed by atoms with van der Waals surface area (Å²) in [6.45, 7) is 4.18. The van der Waals surface area contributed by atoms with Gasteiger partial charge in [0.1, 0.15) is 5.52 Å². The van der Waals surface area contributed by atoms with Gasteiger partial charge in [-0.15, -0.1) is 0 Å². The van der Waals surface area contributed by atoms with Gasteiger partial charge in [-0.3, -0.25) is 0 Å². The van der Waals surface area contributed by atoms with Crippen LogP contribution in [0.4, 0.5) is 11.8 Å². The van der Waals surface area contributed by atoms with Crippen molar-refractivity contribution in [2.75, 3.05) is 44.1 Å². The summed E-state index contributed by atoms with van der Waals surface area (Å²) in [5.74, 6) is 1.42. The average Bonchev–Trinajstić information content (AvgIpc) is 2.83. The molecule has 2 aromatic rings. The van der Waals surface area contributed by atoms with Crippen molar-refractivity contribution >= 4 is 22.9 Å². The summed E-state index contributed by atoms with van der Waals surface area (Å²) >= 11 is 0. The van der Waals surface area contributed by atoms with Gasteiger partial charge in [-0.1, -0.05) is 0 Å². The Morgan fingerprint density at radius 1 is 1.44 bits per heavy atom. The molecule has 7 heteroatoms. The van der Waals surface area contributed by atoms with Crippen LogP contribution in [0.2, 0.25) is 0 Å². The number of methoxy groups -OCH3 is 1. The molecule has 0 aliphatic carbocycles. The molecule has 0 aliphatic rings. The van der Waals surface area contributed by atoms with Gasteiger partial charge in [-0.2, -0.15) is 9.97 Å². The lowest BCUT2D eigenvalue weighted by atomic mass is 10.4. The van der Waals surface area contributed by atoms with Crippen LogP contribution in [0, 0.1) is 0 Å². The fourth-order valence-corrected chi connectivity index (χ4v) is 1.67. The van der Waals surface area contributed by atoms with Crippen molar-refractivity contribution < 1.29 is 4.74 Å². The van der Waals surface area contributed by atoms with Crippen molar-refractivity contribution in [1.29, 1.82) is 0 Å². The zero-order chi connectivity index (χ0) is 13.0. The van der Waals surface area contributed by atoms with Gasteiger partial charge < -0.3 is 19.9 Å². The molecule has 18 heavy (non-hydrogen) atoms. The summed E-state index contributed by atoms with van der Waals surface area (Å²) in [7, 11) is 3.65. The summed E-state index contributed by atoms with van der Waals surface area (Å²) in [5.41, 5.74) is 1.51. The van der Waals surface area contributed by atoms with Crippen LogP contribution < -0.4 is 10.2 Å². The number of fused-ring (bicyclic) bond motifs is 1. The molecular weight excluding hydrogens is 232 g/mol. The van der Waals surface area contributed by atoms with Crippen LogP contribution in [0.25, 0.3) is 11.2 Å². The number of nitrogens with one attached hydrogen (secondary N) is 2. The average molecular weight is 250 g/mol. The number of rotatable bonds is 6. The third-order valence-corrected chi connectivity index (χ3v) is 2.59. The molecule has 0 fully saturated rings. The summed E-state index contributed by atoms with van der Waals surface area (Å²) in [4.78, 5) is 18.1. The third-order valence-electron chi connectivity index (χ3n) is 2.59. The summed E-state index contributed by atoms with van der Waals surface area (Å²) in [6, 6.07) is 0. The van der Waals surface area contributed by atoms with E-state index in [0.717, 1.165) is 24.4 Å². The zero-order valence-corrected chi connectivity index (χ0v) is 10.9. The summed E-state index contributed by atoms with van der Waals surface area (Å²) < 4.78 is 5.08. The van der Waals surface area contributed by atoms with Gasteiger partial charge in [0.05, 0.1) is 12.9 Å². The molecule has 0 aromatic carbocycles. The molecule has 0 unspecified atom stereocenters. The molecule has 2 N–H and O–H groups in total. The van der Waals surface area contributed by atoms with Crippen molar-refractivity contribution in [3.8, 4) is 0 Å². The second-order valence-corrected chi connectivity index (χ2v) is 3.92. The molecule has 2 aromatic heterocycles. The second-order valence-electron chi connectivity index (χ2n) is 3.92. The van der Waals surface area contributed by atoms with Crippen LogP contribution in [-0.4, -0.2) is 53.8 Å². The van der Waals surface area contributed by atoms with Crippen LogP contribution in [0.1, 0.15) is 6.92 Å². The Kier molecular flexibility index (Phi) is 3.93. The number of hydrogen-bond donors (Lipinski definition) is 2. The summed E-state index contributed by atoms with van der Waals surface area (Å²) in [6.07, 6.45) is 1.63. The minimum absolute atomic E-state index is 0.594. The normalized spacial score (nSPS) is 10.8. The molecule has 98 valence electrons. The van der Waals surface area contributed by atoms with E-state index in [-0.39, 0.29) is 0 Å². The van der Waals surface area contributed by atoms with E-state index in [2.05, 4.69) is 25.3 Å². The van der Waals surface area contributed by atoms with Crippen molar-refractivity contribution in [2.24, 2.45) is 0 Å². The van der Waals surface area contributed by atoms with Gasteiger partial charge in [0, 0.05) is 27.2 Å². The van der Waals surface area contributed by atoms with Crippen molar-refractivity contribution in [3.05, 3.63) is 6.33 Å². The van der Waals surface area contributed by atoms with Crippen LogP contribution in [0.15, 0.2) is 6.33 Å². The molecule has 0 aliphatic heterocycles. The largest absolute Gasteiger partial charge is 0.383 e. The van der Waals surface area contributed by atoms with E-state index >= 15 is 0 Å². The molecule has 0 saturated heterocycles. The van der Waals surface area contributed by atoms with E-state index in [0.29, 0.717) is 18.2 Å². The fourth-order valence-electron chi connectivity index (χ4n) is 1.67. The Balaban J connectivity index is 2.36. The number of imidazole rings is 1. The Morgan fingerprint density at radius 2 is 2.28 bits per heavy atom. The highest BCUT2D eigenvalue weighted by atomic mass is 16.5. The predicted octanol–water partition coefficient (Wildman–Crippen LogP) is 0.867. The molecule has 0 saturated carbocycles. The highest BCUT2D eigenvalue weighted by Gasteiger charge is 2.13. The van der Waals surface area contributed by atoms with Crippen molar-refractivity contribution in [2.45, 2.75) is 6.92 Å². The molecule has 2 rings (SSSR count). The first-order valence-electron chi connectivity index (χ1n) is 5.91. The van der Waals surface area contributed by atoms with Crippen molar-refractivity contribution in [3.63, 3.8) is 0 Å². The second kappa shape index (κ2) is 5.63. The minimum Gasteiger partial charge on any atom is -0.383 e. The van der Waals surface area contributed by atoms with Crippen LogP contribution in [0.3, 0.4) is 0 Å². The monoisotopic (exact) mass is 250 g/mol. The fraction of sp³-hybridized carbons (Fsp3) is 0.545. The standard InChI is InChI=1S/C11H18N6O/c1-4-12-11-15-9-8(13-7-14-9)10(16-11)17(2)5-6-18-3/h7H,4-6H2,1-3H3,(H2,12,13,14,15,16). The number of likely N-dealkylation sites (N-methyl/N-ethyl adjacent to an activating group) is 1. The quantitative estimate of drug-likeness (QED) is 0.792. The van der Waals surface area contributed by atoms with E-state index in [1.54, 1.807) is 13.4 Å². The molecule has 7 nitrogen and oxygen atoms in total. The minimum atomic E-state index is 0.594. The first-order valence-corrected chi connectivity index (χ1v) is 5.91. The van der Waals surface area contributed by atoms with E-state index < -0.39 is 0 Å². The third kappa shape index (κ3) is 2.51. The predicted molar refractivity (Wildman–Crippen MR) is 71.0 cm³/mol. The number of H-pyrrole nitrogens is 1. The first-order chi connectivity index (χ1) is 8.76. The number of aromatic amines is 1. The van der Waals surface area contributed by atoms with Crippen LogP contribution >= 0.6 is 0 Å². The number of ether oxygens (including phenoxy) is 1. The lowest BCUT2D eigenvalue weighted by Crippen LogP contribution is -2.24. The Labute approximate surface area is 106 Å². The van der Waals surface area contributed by atoms with E-state index in [9.17, 15) is 0 Å². The number of nitrogens with zero attached hydrogens (tertiary/aromatic N) is 4. The number of hydrogen-bond acceptors (Lipinski definition) is 6. The molecule has 0 bridgehead atoms. The van der Waals surface area contributed by atoms with Gasteiger partial charge in [0.2, 0.25) is 5.95 Å². The maximum atomic E-state index is 5.08. The lowest BCUT2D eigenvalue weighted by Gasteiger charge is -2.18.